The van der Waals surface area contributed by atoms with E-state index in [1.54, 1.807) is 6.07 Å². The van der Waals surface area contributed by atoms with Gasteiger partial charge in [0.15, 0.2) is 0 Å². The van der Waals surface area contributed by atoms with Gasteiger partial charge in [-0.05, 0) is 73.2 Å². The lowest BCUT2D eigenvalue weighted by atomic mass is 9.81. The summed E-state index contributed by atoms with van der Waals surface area (Å²) in [6, 6.07) is 19.7. The lowest BCUT2D eigenvalue weighted by Gasteiger charge is -2.23. The molecule has 178 valence electrons. The summed E-state index contributed by atoms with van der Waals surface area (Å²) in [6.07, 6.45) is 6.08. The topological polar surface area (TPSA) is 60.7 Å². The van der Waals surface area contributed by atoms with Crippen molar-refractivity contribution < 1.29 is 19.4 Å². The predicted octanol–water partition coefficient (Wildman–Crippen LogP) is 7.55. The molecule has 1 fully saturated rings. The summed E-state index contributed by atoms with van der Waals surface area (Å²) in [7, 11) is 0. The highest BCUT2D eigenvalue weighted by molar-refractivity contribution is 5.98. The number of carboxylic acid groups (broad SMARTS) is 1. The summed E-state index contributed by atoms with van der Waals surface area (Å²) >= 11 is 0. The SMILES string of the molecule is Cc1cccc(Oc2ccc3c(c2)OCCn2c-3c(C3CCCCC3)c3ccc(C(=O)O)cc32)c1. The van der Waals surface area contributed by atoms with Crippen LogP contribution in [0, 0.1) is 6.92 Å². The summed E-state index contributed by atoms with van der Waals surface area (Å²) in [5, 5.41) is 10.8. The third kappa shape index (κ3) is 3.95. The van der Waals surface area contributed by atoms with Crippen molar-refractivity contribution in [2.75, 3.05) is 6.61 Å². The monoisotopic (exact) mass is 467 g/mol. The number of carboxylic acids is 1. The number of rotatable bonds is 4. The Labute approximate surface area is 204 Å². The van der Waals surface area contributed by atoms with Gasteiger partial charge in [0.05, 0.1) is 17.8 Å². The third-order valence-electron chi connectivity index (χ3n) is 7.37. The highest BCUT2D eigenvalue weighted by atomic mass is 16.5. The molecule has 0 amide bonds. The molecule has 1 saturated carbocycles. The highest BCUT2D eigenvalue weighted by Gasteiger charge is 2.29. The van der Waals surface area contributed by atoms with Crippen molar-refractivity contribution >= 4 is 16.9 Å². The molecule has 1 aliphatic heterocycles. The molecule has 0 spiro atoms. The van der Waals surface area contributed by atoms with E-state index in [0.717, 1.165) is 46.7 Å². The van der Waals surface area contributed by atoms with Crippen LogP contribution >= 0.6 is 0 Å². The number of carbonyl (C=O) groups is 1. The molecule has 0 radical (unpaired) electrons. The lowest BCUT2D eigenvalue weighted by Crippen LogP contribution is -2.07. The molecule has 1 aromatic heterocycles. The fourth-order valence-corrected chi connectivity index (χ4v) is 5.78. The molecule has 2 heterocycles. The normalized spacial score (nSPS) is 15.7. The first-order chi connectivity index (χ1) is 17.1. The van der Waals surface area contributed by atoms with E-state index >= 15 is 0 Å². The Balaban J connectivity index is 1.51. The molecule has 35 heavy (non-hydrogen) atoms. The van der Waals surface area contributed by atoms with E-state index in [-0.39, 0.29) is 0 Å². The fourth-order valence-electron chi connectivity index (χ4n) is 5.78. The Morgan fingerprint density at radius 2 is 1.83 bits per heavy atom. The van der Waals surface area contributed by atoms with Crippen molar-refractivity contribution in [3.05, 3.63) is 77.4 Å². The molecule has 4 aromatic rings. The molecule has 1 aliphatic carbocycles. The van der Waals surface area contributed by atoms with Crippen molar-refractivity contribution in [2.24, 2.45) is 0 Å². The van der Waals surface area contributed by atoms with E-state index in [2.05, 4.69) is 10.6 Å². The van der Waals surface area contributed by atoms with Crippen molar-refractivity contribution in [3.8, 4) is 28.5 Å². The number of hydrogen-bond acceptors (Lipinski definition) is 3. The molecule has 5 nitrogen and oxygen atoms in total. The minimum atomic E-state index is -0.898. The zero-order valence-corrected chi connectivity index (χ0v) is 19.9. The number of nitrogens with zero attached hydrogens (tertiary/aromatic N) is 1. The van der Waals surface area contributed by atoms with Gasteiger partial charge in [-0.2, -0.15) is 0 Å². The molecule has 5 heteroatoms. The number of aromatic nitrogens is 1. The van der Waals surface area contributed by atoms with Gasteiger partial charge in [0.1, 0.15) is 23.9 Å². The molecule has 1 N–H and O–H groups in total. The second-order valence-corrected chi connectivity index (χ2v) is 9.71. The summed E-state index contributed by atoms with van der Waals surface area (Å²) in [6.45, 7) is 3.23. The second kappa shape index (κ2) is 8.81. The Hall–Kier alpha value is -3.73. The van der Waals surface area contributed by atoms with Gasteiger partial charge in [0, 0.05) is 22.5 Å². The first-order valence-electron chi connectivity index (χ1n) is 12.5. The Morgan fingerprint density at radius 1 is 1.00 bits per heavy atom. The molecule has 0 saturated heterocycles. The zero-order valence-electron chi connectivity index (χ0n) is 19.9. The van der Waals surface area contributed by atoms with E-state index in [0.29, 0.717) is 24.6 Å². The molecule has 6 rings (SSSR count). The molecule has 0 bridgehead atoms. The molecule has 0 atom stereocenters. The Bertz CT molecular complexity index is 1430. The van der Waals surface area contributed by atoms with Crippen LogP contribution in [0.4, 0.5) is 0 Å². The number of aryl methyl sites for hydroxylation is 1. The largest absolute Gasteiger partial charge is 0.491 e. The van der Waals surface area contributed by atoms with Crippen LogP contribution in [0.1, 0.15) is 59.5 Å². The van der Waals surface area contributed by atoms with Gasteiger partial charge in [-0.25, -0.2) is 4.79 Å². The maximum Gasteiger partial charge on any atom is 0.335 e. The van der Waals surface area contributed by atoms with Gasteiger partial charge in [-0.15, -0.1) is 0 Å². The smallest absolute Gasteiger partial charge is 0.335 e. The van der Waals surface area contributed by atoms with Gasteiger partial charge in [-0.1, -0.05) is 37.5 Å². The van der Waals surface area contributed by atoms with Crippen molar-refractivity contribution in [1.29, 1.82) is 0 Å². The molecular formula is C30H29NO4. The number of ether oxygens (including phenoxy) is 2. The van der Waals surface area contributed by atoms with Gasteiger partial charge in [0.25, 0.3) is 0 Å². The number of hydrogen-bond donors (Lipinski definition) is 1. The van der Waals surface area contributed by atoms with Crippen LogP contribution in [0.2, 0.25) is 0 Å². The minimum absolute atomic E-state index is 0.320. The minimum Gasteiger partial charge on any atom is -0.491 e. The first-order valence-corrected chi connectivity index (χ1v) is 12.5. The number of benzene rings is 3. The van der Waals surface area contributed by atoms with Crippen molar-refractivity contribution in [1.82, 2.24) is 4.57 Å². The average molecular weight is 468 g/mol. The summed E-state index contributed by atoms with van der Waals surface area (Å²) < 4.78 is 14.7. The number of fused-ring (bicyclic) bond motifs is 5. The zero-order chi connectivity index (χ0) is 23.9. The lowest BCUT2D eigenvalue weighted by molar-refractivity contribution is 0.0697. The maximum atomic E-state index is 11.7. The predicted molar refractivity (Wildman–Crippen MR) is 137 cm³/mol. The second-order valence-electron chi connectivity index (χ2n) is 9.71. The van der Waals surface area contributed by atoms with E-state index in [4.69, 9.17) is 9.47 Å². The van der Waals surface area contributed by atoms with Gasteiger partial charge >= 0.3 is 5.97 Å². The van der Waals surface area contributed by atoms with E-state index < -0.39 is 5.97 Å². The van der Waals surface area contributed by atoms with Crippen LogP contribution in [0.5, 0.6) is 17.2 Å². The van der Waals surface area contributed by atoms with Crippen LogP contribution in [-0.4, -0.2) is 22.2 Å². The van der Waals surface area contributed by atoms with Crippen LogP contribution in [-0.2, 0) is 6.54 Å². The molecule has 0 unspecified atom stereocenters. The van der Waals surface area contributed by atoms with Crippen LogP contribution in [0.3, 0.4) is 0 Å². The first kappa shape index (κ1) is 21.8. The summed E-state index contributed by atoms with van der Waals surface area (Å²) in [5.41, 5.74) is 6.01. The van der Waals surface area contributed by atoms with Gasteiger partial charge in [0.2, 0.25) is 0 Å². The molecular weight excluding hydrogens is 438 g/mol. The van der Waals surface area contributed by atoms with Crippen molar-refractivity contribution in [3.63, 3.8) is 0 Å². The van der Waals surface area contributed by atoms with Crippen molar-refractivity contribution in [2.45, 2.75) is 51.5 Å². The Kier molecular flexibility index (Phi) is 5.48. The van der Waals surface area contributed by atoms with Gasteiger partial charge in [-0.3, -0.25) is 0 Å². The van der Waals surface area contributed by atoms with E-state index in [1.165, 1.54) is 35.9 Å². The van der Waals surface area contributed by atoms with Crippen LogP contribution in [0.25, 0.3) is 22.2 Å². The van der Waals surface area contributed by atoms with E-state index in [9.17, 15) is 9.90 Å². The standard InChI is InChI=1S/C30H29NO4/c1-19-6-5-9-22(16-19)35-23-11-13-25-27(18-23)34-15-14-31-26-17-21(30(32)33)10-12-24(26)28(29(25)31)20-7-3-2-4-8-20/h5-6,9-13,16-18,20H,2-4,7-8,14-15H2,1H3,(H,32,33). The van der Waals surface area contributed by atoms with Crippen LogP contribution < -0.4 is 9.47 Å². The molecule has 3 aromatic carbocycles. The van der Waals surface area contributed by atoms with Gasteiger partial charge < -0.3 is 19.1 Å². The van der Waals surface area contributed by atoms with E-state index in [1.807, 2.05) is 55.5 Å². The number of aromatic carboxylic acids is 1. The summed E-state index contributed by atoms with van der Waals surface area (Å²) in [4.78, 5) is 11.7. The molecule has 2 aliphatic rings. The quantitative estimate of drug-likeness (QED) is 0.337. The maximum absolute atomic E-state index is 11.7. The fraction of sp³-hybridized carbons (Fsp3) is 0.300. The Morgan fingerprint density at radius 3 is 2.63 bits per heavy atom. The average Bonchev–Trinajstić information content (AvgIpc) is 3.06. The van der Waals surface area contributed by atoms with Crippen LogP contribution in [0.15, 0.2) is 60.7 Å². The summed E-state index contributed by atoms with van der Waals surface area (Å²) in [5.74, 6) is 1.92. The third-order valence-corrected chi connectivity index (χ3v) is 7.37. The highest BCUT2D eigenvalue weighted by Crippen LogP contribution is 2.48.